The molecule has 1 aliphatic carbocycles. The van der Waals surface area contributed by atoms with Gasteiger partial charge in [0, 0.05) is 17.5 Å². The fraction of sp³-hybridized carbons (Fsp3) is 0.312. The van der Waals surface area contributed by atoms with Crippen molar-refractivity contribution in [2.24, 2.45) is 0 Å². The van der Waals surface area contributed by atoms with Gasteiger partial charge < -0.3 is 5.32 Å². The molecule has 1 aliphatic rings. The molecule has 1 aromatic heterocycles. The molecule has 2 rings (SSSR count). The lowest BCUT2D eigenvalue weighted by molar-refractivity contribution is 0.103. The number of anilines is 1. The van der Waals surface area contributed by atoms with Crippen LogP contribution < -0.4 is 5.32 Å². The third kappa shape index (κ3) is 3.04. The summed E-state index contributed by atoms with van der Waals surface area (Å²) in [6, 6.07) is 2.01. The van der Waals surface area contributed by atoms with Crippen LogP contribution in [0, 0.1) is 0 Å². The van der Waals surface area contributed by atoms with Crippen LogP contribution in [0.1, 0.15) is 35.5 Å². The van der Waals surface area contributed by atoms with E-state index in [0.29, 0.717) is 0 Å². The summed E-state index contributed by atoms with van der Waals surface area (Å²) < 4.78 is 0. The lowest BCUT2D eigenvalue weighted by Gasteiger charge is -2.02. The zero-order chi connectivity index (χ0) is 13.8. The van der Waals surface area contributed by atoms with E-state index in [4.69, 9.17) is 0 Å². The van der Waals surface area contributed by atoms with Gasteiger partial charge in [0.1, 0.15) is 0 Å². The maximum absolute atomic E-state index is 12.6. The van der Waals surface area contributed by atoms with Crippen LogP contribution in [0.2, 0.25) is 0 Å². The Morgan fingerprint density at radius 2 is 2.16 bits per heavy atom. The predicted octanol–water partition coefficient (Wildman–Crippen LogP) is 4.37. The molecule has 1 N–H and O–H groups in total. The molecule has 0 atom stereocenters. The van der Waals surface area contributed by atoms with Crippen LogP contribution in [-0.4, -0.2) is 12.8 Å². The Kier molecular flexibility index (Phi) is 4.38. The summed E-state index contributed by atoms with van der Waals surface area (Å²) in [6.45, 7) is 4.16. The number of ketones is 1. The Bertz CT molecular complexity index is 576. The second-order valence-electron chi connectivity index (χ2n) is 4.56. The molecule has 1 aromatic rings. The van der Waals surface area contributed by atoms with Gasteiger partial charge in [-0.25, -0.2) is 0 Å². The Balaban J connectivity index is 2.32. The average molecular weight is 273 g/mol. The number of hydrogen-bond donors (Lipinski definition) is 1. The lowest BCUT2D eigenvalue weighted by atomic mass is 10.0. The smallest absolute Gasteiger partial charge is 0.195 e. The second-order valence-corrected chi connectivity index (χ2v) is 5.70. The standard InChI is InChI=1S/C16H19NOS/c1-4-13-10-14(16(17-3)19-13)15(18)12-7-5-6-11(2)8-9-12/h6-10,17H,4-5H2,1-3H3. The quantitative estimate of drug-likeness (QED) is 0.825. The third-order valence-corrected chi connectivity index (χ3v) is 4.47. The topological polar surface area (TPSA) is 29.1 Å². The molecule has 100 valence electrons. The molecular formula is C16H19NOS. The van der Waals surface area contributed by atoms with Gasteiger partial charge >= 0.3 is 0 Å². The minimum Gasteiger partial charge on any atom is -0.379 e. The van der Waals surface area contributed by atoms with E-state index in [1.807, 2.05) is 31.3 Å². The maximum atomic E-state index is 12.6. The molecule has 0 saturated carbocycles. The first-order valence-electron chi connectivity index (χ1n) is 6.55. The van der Waals surface area contributed by atoms with Gasteiger partial charge in [0.05, 0.1) is 10.6 Å². The number of thiophene rings is 1. The van der Waals surface area contributed by atoms with Gasteiger partial charge in [-0.3, -0.25) is 4.79 Å². The summed E-state index contributed by atoms with van der Waals surface area (Å²) in [5.74, 6) is 0.111. The zero-order valence-electron chi connectivity index (χ0n) is 11.6. The molecule has 19 heavy (non-hydrogen) atoms. The summed E-state index contributed by atoms with van der Waals surface area (Å²) in [6.07, 6.45) is 9.83. The predicted molar refractivity (Wildman–Crippen MR) is 83.2 cm³/mol. The first kappa shape index (κ1) is 13.8. The van der Waals surface area contributed by atoms with E-state index in [1.54, 1.807) is 11.3 Å². The van der Waals surface area contributed by atoms with Gasteiger partial charge in [-0.05, 0) is 25.8 Å². The van der Waals surface area contributed by atoms with Crippen LogP contribution in [0.3, 0.4) is 0 Å². The Morgan fingerprint density at radius 3 is 2.84 bits per heavy atom. The van der Waals surface area contributed by atoms with Crippen molar-refractivity contribution in [1.29, 1.82) is 0 Å². The number of Topliss-reactive ketones (excluding diaryl/α,β-unsaturated/α-hetero) is 1. The van der Waals surface area contributed by atoms with Gasteiger partial charge in [-0.15, -0.1) is 11.3 Å². The summed E-state index contributed by atoms with van der Waals surface area (Å²) in [5, 5.41) is 4.09. The van der Waals surface area contributed by atoms with E-state index in [9.17, 15) is 4.79 Å². The number of nitrogens with one attached hydrogen (secondary N) is 1. The van der Waals surface area contributed by atoms with Crippen molar-refractivity contribution in [3.8, 4) is 0 Å². The van der Waals surface area contributed by atoms with Gasteiger partial charge in [0.25, 0.3) is 0 Å². The first-order chi connectivity index (χ1) is 9.15. The molecule has 0 unspecified atom stereocenters. The largest absolute Gasteiger partial charge is 0.379 e. The Hall–Kier alpha value is -1.61. The van der Waals surface area contributed by atoms with Crippen LogP contribution in [0.5, 0.6) is 0 Å². The van der Waals surface area contributed by atoms with Crippen LogP contribution in [0.15, 0.2) is 41.5 Å². The van der Waals surface area contributed by atoms with Crippen LogP contribution >= 0.6 is 11.3 Å². The summed E-state index contributed by atoms with van der Waals surface area (Å²) >= 11 is 1.66. The fourth-order valence-corrected chi connectivity index (χ4v) is 2.97. The highest BCUT2D eigenvalue weighted by molar-refractivity contribution is 7.16. The van der Waals surface area contributed by atoms with Crippen molar-refractivity contribution < 1.29 is 4.79 Å². The third-order valence-electron chi connectivity index (χ3n) is 3.17. The molecule has 0 amide bonds. The number of carbonyl (C=O) groups is 1. The van der Waals surface area contributed by atoms with Crippen LogP contribution in [0.4, 0.5) is 5.00 Å². The van der Waals surface area contributed by atoms with Crippen molar-refractivity contribution in [3.63, 3.8) is 0 Å². The zero-order valence-corrected chi connectivity index (χ0v) is 12.4. The number of hydrogen-bond acceptors (Lipinski definition) is 3. The maximum Gasteiger partial charge on any atom is 0.195 e. The molecule has 0 aromatic carbocycles. The van der Waals surface area contributed by atoms with E-state index >= 15 is 0 Å². The van der Waals surface area contributed by atoms with Gasteiger partial charge in [0.15, 0.2) is 5.78 Å². The van der Waals surface area contributed by atoms with E-state index in [2.05, 4.69) is 25.2 Å². The molecule has 0 fully saturated rings. The molecule has 0 saturated heterocycles. The van der Waals surface area contributed by atoms with Crippen LogP contribution in [-0.2, 0) is 6.42 Å². The molecule has 3 heteroatoms. The average Bonchev–Trinajstić information content (AvgIpc) is 2.73. The Morgan fingerprint density at radius 1 is 1.37 bits per heavy atom. The highest BCUT2D eigenvalue weighted by atomic mass is 32.1. The minimum atomic E-state index is 0.111. The first-order valence-corrected chi connectivity index (χ1v) is 7.37. The van der Waals surface area contributed by atoms with Gasteiger partial charge in [0.2, 0.25) is 0 Å². The molecule has 2 nitrogen and oxygen atoms in total. The molecule has 1 heterocycles. The van der Waals surface area contributed by atoms with Crippen molar-refractivity contribution >= 4 is 22.1 Å². The van der Waals surface area contributed by atoms with Gasteiger partial charge in [-0.1, -0.05) is 36.8 Å². The highest BCUT2D eigenvalue weighted by Crippen LogP contribution is 2.30. The molecular weight excluding hydrogens is 254 g/mol. The number of allylic oxidation sites excluding steroid dienone is 6. The van der Waals surface area contributed by atoms with Crippen molar-refractivity contribution in [3.05, 3.63) is 52.0 Å². The fourth-order valence-electron chi connectivity index (χ4n) is 2.02. The monoisotopic (exact) mass is 273 g/mol. The van der Waals surface area contributed by atoms with E-state index in [-0.39, 0.29) is 5.78 Å². The number of aryl methyl sites for hydroxylation is 1. The van der Waals surface area contributed by atoms with Crippen molar-refractivity contribution in [1.82, 2.24) is 0 Å². The minimum absolute atomic E-state index is 0.111. The number of carbonyl (C=O) groups excluding carboxylic acids is 1. The molecule has 0 spiro atoms. The van der Waals surface area contributed by atoms with E-state index in [1.165, 1.54) is 10.5 Å². The normalized spacial score (nSPS) is 14.7. The number of rotatable bonds is 4. The van der Waals surface area contributed by atoms with Crippen LogP contribution in [0.25, 0.3) is 0 Å². The second kappa shape index (κ2) is 6.02. The highest BCUT2D eigenvalue weighted by Gasteiger charge is 2.17. The molecule has 0 bridgehead atoms. The van der Waals surface area contributed by atoms with Crippen molar-refractivity contribution in [2.75, 3.05) is 12.4 Å². The summed E-state index contributed by atoms with van der Waals surface area (Å²) in [5.41, 5.74) is 2.78. The lowest BCUT2D eigenvalue weighted by Crippen LogP contribution is -2.03. The summed E-state index contributed by atoms with van der Waals surface area (Å²) in [4.78, 5) is 13.8. The SMILES string of the molecule is CCc1cc(C(=O)C2=CCC=C(C)C=C2)c(NC)s1. The van der Waals surface area contributed by atoms with Gasteiger partial charge in [-0.2, -0.15) is 0 Å². The van der Waals surface area contributed by atoms with E-state index < -0.39 is 0 Å². The Labute approximate surface area is 118 Å². The summed E-state index contributed by atoms with van der Waals surface area (Å²) in [7, 11) is 1.87. The molecule has 0 radical (unpaired) electrons. The van der Waals surface area contributed by atoms with E-state index in [0.717, 1.165) is 29.0 Å². The molecule has 0 aliphatic heterocycles. The van der Waals surface area contributed by atoms with Crippen molar-refractivity contribution in [2.45, 2.75) is 26.7 Å².